The summed E-state index contributed by atoms with van der Waals surface area (Å²) < 4.78 is 4.99. The van der Waals surface area contributed by atoms with Crippen LogP contribution in [0.1, 0.15) is 32.4 Å². The number of amides is 1. The van der Waals surface area contributed by atoms with Gasteiger partial charge in [0.1, 0.15) is 11.4 Å². The summed E-state index contributed by atoms with van der Waals surface area (Å²) in [5.74, 6) is -1.48. The van der Waals surface area contributed by atoms with Crippen LogP contribution in [0.5, 0.6) is 5.75 Å². The molecule has 0 saturated heterocycles. The summed E-state index contributed by atoms with van der Waals surface area (Å²) in [7, 11) is 0. The number of carboxylic acids is 1. The molecule has 6 nitrogen and oxygen atoms in total. The zero-order valence-corrected chi connectivity index (χ0v) is 12.1. The average Bonchev–Trinajstić information content (AvgIpc) is 2.21. The van der Waals surface area contributed by atoms with Gasteiger partial charge in [-0.25, -0.2) is 9.59 Å². The Balaban J connectivity index is 2.95. The molecule has 0 aliphatic carbocycles. The minimum Gasteiger partial charge on any atom is -0.508 e. The molecule has 1 aromatic rings. The number of carboxylic acid groups (broad SMARTS) is 1. The van der Waals surface area contributed by atoms with Crippen molar-refractivity contribution >= 4 is 23.7 Å². The van der Waals surface area contributed by atoms with Crippen LogP contribution in [0.25, 0.3) is 0 Å². The smallest absolute Gasteiger partial charge is 0.408 e. The first-order valence-electron chi connectivity index (χ1n) is 5.80. The Bertz CT molecular complexity index is 504. The molecule has 1 rings (SSSR count). The normalized spacial score (nSPS) is 12.6. The molecule has 0 fully saturated rings. The SMILES string of the molecule is CC(C)(C)OC(=O)NC(C(=O)O)c1cc(O)cc(Cl)c1. The minimum atomic E-state index is -1.37. The number of aliphatic carboxylic acids is 1. The van der Waals surface area contributed by atoms with E-state index in [-0.39, 0.29) is 16.3 Å². The second-order valence-corrected chi connectivity index (χ2v) is 5.60. The maximum Gasteiger partial charge on any atom is 0.408 e. The predicted molar refractivity (Wildman–Crippen MR) is 72.9 cm³/mol. The van der Waals surface area contributed by atoms with Crippen LogP contribution in [0, 0.1) is 0 Å². The zero-order valence-electron chi connectivity index (χ0n) is 11.3. The number of carbonyl (C=O) groups excluding carboxylic acids is 1. The lowest BCUT2D eigenvalue weighted by Gasteiger charge is -2.22. The number of hydrogen-bond donors (Lipinski definition) is 3. The molecule has 20 heavy (non-hydrogen) atoms. The van der Waals surface area contributed by atoms with Crippen molar-refractivity contribution in [2.24, 2.45) is 0 Å². The molecule has 0 bridgehead atoms. The van der Waals surface area contributed by atoms with E-state index in [2.05, 4.69) is 5.32 Å². The van der Waals surface area contributed by atoms with Gasteiger partial charge in [-0.1, -0.05) is 11.6 Å². The highest BCUT2D eigenvalue weighted by Crippen LogP contribution is 2.24. The first-order valence-corrected chi connectivity index (χ1v) is 6.18. The highest BCUT2D eigenvalue weighted by atomic mass is 35.5. The molecule has 0 spiro atoms. The highest BCUT2D eigenvalue weighted by Gasteiger charge is 2.26. The van der Waals surface area contributed by atoms with Gasteiger partial charge in [0, 0.05) is 5.02 Å². The standard InChI is InChI=1S/C13H16ClNO5/c1-13(2,3)20-12(19)15-10(11(17)18)7-4-8(14)6-9(16)5-7/h4-6,10,16H,1-3H3,(H,15,19)(H,17,18). The fourth-order valence-corrected chi connectivity index (χ4v) is 1.71. The van der Waals surface area contributed by atoms with Crippen LogP contribution in [0.3, 0.4) is 0 Å². The van der Waals surface area contributed by atoms with Gasteiger partial charge in [0.15, 0.2) is 6.04 Å². The number of benzene rings is 1. The Morgan fingerprint density at radius 1 is 1.30 bits per heavy atom. The summed E-state index contributed by atoms with van der Waals surface area (Å²) in [5.41, 5.74) is -0.600. The molecule has 3 N–H and O–H groups in total. The van der Waals surface area contributed by atoms with Gasteiger partial charge in [-0.2, -0.15) is 0 Å². The van der Waals surface area contributed by atoms with Crippen molar-refractivity contribution in [1.29, 1.82) is 0 Å². The van der Waals surface area contributed by atoms with Crippen molar-refractivity contribution in [3.8, 4) is 5.75 Å². The van der Waals surface area contributed by atoms with Gasteiger partial charge in [0.2, 0.25) is 0 Å². The molecule has 0 aliphatic rings. The molecule has 1 atom stereocenters. The van der Waals surface area contributed by atoms with Crippen molar-refractivity contribution < 1.29 is 24.5 Å². The van der Waals surface area contributed by atoms with Crippen LogP contribution < -0.4 is 5.32 Å². The Labute approximate surface area is 121 Å². The Morgan fingerprint density at radius 2 is 1.90 bits per heavy atom. The van der Waals surface area contributed by atoms with E-state index in [1.54, 1.807) is 20.8 Å². The van der Waals surface area contributed by atoms with Crippen LogP contribution in [-0.2, 0) is 9.53 Å². The third-order valence-corrected chi connectivity index (χ3v) is 2.36. The quantitative estimate of drug-likeness (QED) is 0.797. The first kappa shape index (κ1) is 16.1. The van der Waals surface area contributed by atoms with Gasteiger partial charge >= 0.3 is 12.1 Å². The summed E-state index contributed by atoms with van der Waals surface area (Å²) in [6.45, 7) is 4.98. The number of hydrogen-bond acceptors (Lipinski definition) is 4. The topological polar surface area (TPSA) is 95.9 Å². The third-order valence-electron chi connectivity index (χ3n) is 2.15. The summed E-state index contributed by atoms with van der Waals surface area (Å²) in [6.07, 6.45) is -0.871. The van der Waals surface area contributed by atoms with Gasteiger partial charge in [-0.3, -0.25) is 0 Å². The maximum atomic E-state index is 11.6. The lowest BCUT2D eigenvalue weighted by molar-refractivity contribution is -0.139. The van der Waals surface area contributed by atoms with Gasteiger partial charge in [-0.05, 0) is 44.5 Å². The number of nitrogens with one attached hydrogen (secondary N) is 1. The molecule has 0 saturated carbocycles. The molecule has 1 amide bonds. The Hall–Kier alpha value is -1.95. The van der Waals surface area contributed by atoms with Crippen LogP contribution in [0.15, 0.2) is 18.2 Å². The number of rotatable bonds is 3. The number of alkyl carbamates (subject to hydrolysis) is 1. The predicted octanol–water partition coefficient (Wildman–Crippen LogP) is 2.70. The average molecular weight is 302 g/mol. The Kier molecular flexibility index (Phi) is 4.83. The summed E-state index contributed by atoms with van der Waals surface area (Å²) >= 11 is 5.75. The minimum absolute atomic E-state index is 0.147. The highest BCUT2D eigenvalue weighted by molar-refractivity contribution is 6.30. The van der Waals surface area contributed by atoms with Crippen molar-refractivity contribution in [1.82, 2.24) is 5.32 Å². The van der Waals surface area contributed by atoms with Crippen molar-refractivity contribution in [3.63, 3.8) is 0 Å². The third kappa shape index (κ3) is 4.97. The second-order valence-electron chi connectivity index (χ2n) is 5.16. The molecular weight excluding hydrogens is 286 g/mol. The van der Waals surface area contributed by atoms with E-state index < -0.39 is 23.7 Å². The van der Waals surface area contributed by atoms with Gasteiger partial charge in [0.05, 0.1) is 0 Å². The Morgan fingerprint density at radius 3 is 2.35 bits per heavy atom. The summed E-state index contributed by atoms with van der Waals surface area (Å²) in [5, 5.41) is 21.0. The molecular formula is C13H16ClNO5. The zero-order chi connectivity index (χ0) is 15.5. The molecule has 0 radical (unpaired) electrons. The van der Waals surface area contributed by atoms with E-state index in [0.29, 0.717) is 0 Å². The van der Waals surface area contributed by atoms with E-state index in [4.69, 9.17) is 21.4 Å². The van der Waals surface area contributed by atoms with Gasteiger partial charge in [0.25, 0.3) is 0 Å². The molecule has 0 aliphatic heterocycles. The van der Waals surface area contributed by atoms with E-state index >= 15 is 0 Å². The first-order chi connectivity index (χ1) is 9.08. The summed E-state index contributed by atoms with van der Waals surface area (Å²) in [4.78, 5) is 22.9. The molecule has 1 unspecified atom stereocenters. The maximum absolute atomic E-state index is 11.6. The number of halogens is 1. The molecule has 110 valence electrons. The van der Waals surface area contributed by atoms with E-state index in [1.807, 2.05) is 0 Å². The van der Waals surface area contributed by atoms with Crippen LogP contribution in [-0.4, -0.2) is 27.9 Å². The van der Waals surface area contributed by atoms with Crippen LogP contribution in [0.2, 0.25) is 5.02 Å². The van der Waals surface area contributed by atoms with Crippen LogP contribution >= 0.6 is 11.6 Å². The largest absolute Gasteiger partial charge is 0.508 e. The van der Waals surface area contributed by atoms with Crippen molar-refractivity contribution in [2.75, 3.05) is 0 Å². The number of carbonyl (C=O) groups is 2. The lowest BCUT2D eigenvalue weighted by Crippen LogP contribution is -2.38. The molecule has 0 heterocycles. The van der Waals surface area contributed by atoms with Crippen LogP contribution in [0.4, 0.5) is 4.79 Å². The number of phenolic OH excluding ortho intramolecular Hbond substituents is 1. The second kappa shape index (κ2) is 6.00. The molecule has 1 aromatic carbocycles. The summed E-state index contributed by atoms with van der Waals surface area (Å²) in [6, 6.07) is 2.45. The van der Waals surface area contributed by atoms with Crippen molar-refractivity contribution in [3.05, 3.63) is 28.8 Å². The fourth-order valence-electron chi connectivity index (χ4n) is 1.48. The number of phenols is 1. The molecule has 0 aromatic heterocycles. The lowest BCUT2D eigenvalue weighted by atomic mass is 10.1. The van der Waals surface area contributed by atoms with Crippen molar-refractivity contribution in [2.45, 2.75) is 32.4 Å². The van der Waals surface area contributed by atoms with Gasteiger partial charge < -0.3 is 20.3 Å². The van der Waals surface area contributed by atoms with E-state index in [1.165, 1.54) is 18.2 Å². The monoisotopic (exact) mass is 301 g/mol. The van der Waals surface area contributed by atoms with E-state index in [9.17, 15) is 14.7 Å². The fraction of sp³-hybridized carbons (Fsp3) is 0.385. The molecule has 7 heteroatoms. The van der Waals surface area contributed by atoms with E-state index in [0.717, 1.165) is 0 Å². The number of aromatic hydroxyl groups is 1. The van der Waals surface area contributed by atoms with Gasteiger partial charge in [-0.15, -0.1) is 0 Å². The number of ether oxygens (including phenoxy) is 1.